The minimum atomic E-state index is 1.03. The van der Waals surface area contributed by atoms with E-state index in [0.29, 0.717) is 0 Å². The Bertz CT molecular complexity index is 138. The van der Waals surface area contributed by atoms with Crippen molar-refractivity contribution >= 4 is 0 Å². The Morgan fingerprint density at radius 1 is 1.50 bits per heavy atom. The van der Waals surface area contributed by atoms with Crippen molar-refractivity contribution in [3.8, 4) is 0 Å². The van der Waals surface area contributed by atoms with Crippen LogP contribution in [0.25, 0.3) is 0 Å². The van der Waals surface area contributed by atoms with Crippen LogP contribution < -0.4 is 0 Å². The first-order chi connectivity index (χ1) is 4.85. The second-order valence-corrected chi connectivity index (χ2v) is 2.14. The Labute approximate surface area is 64.0 Å². The van der Waals surface area contributed by atoms with E-state index in [1.807, 2.05) is 13.0 Å². The molecule has 0 aromatic carbocycles. The first kappa shape index (κ1) is 9.22. The van der Waals surface area contributed by atoms with E-state index in [1.165, 1.54) is 5.57 Å². The molecule has 0 atom stereocenters. The molecule has 0 fully saturated rings. The van der Waals surface area contributed by atoms with Crippen LogP contribution in [-0.4, -0.2) is 0 Å². The van der Waals surface area contributed by atoms with Gasteiger partial charge in [-0.3, -0.25) is 0 Å². The highest BCUT2D eigenvalue weighted by Crippen LogP contribution is 2.02. The van der Waals surface area contributed by atoms with Crippen LogP contribution in [0.3, 0.4) is 0 Å². The summed E-state index contributed by atoms with van der Waals surface area (Å²) < 4.78 is 0. The van der Waals surface area contributed by atoms with Crippen molar-refractivity contribution in [3.63, 3.8) is 0 Å². The maximum Gasteiger partial charge on any atom is -0.0163 e. The molecule has 0 heterocycles. The van der Waals surface area contributed by atoms with Crippen LogP contribution in [0.1, 0.15) is 26.7 Å². The molecule has 0 bridgehead atoms. The van der Waals surface area contributed by atoms with Gasteiger partial charge in [0.05, 0.1) is 0 Å². The first-order valence-corrected chi connectivity index (χ1v) is 3.77. The van der Waals surface area contributed by atoms with E-state index < -0.39 is 0 Å². The van der Waals surface area contributed by atoms with Gasteiger partial charge in [0.25, 0.3) is 0 Å². The van der Waals surface area contributed by atoms with Crippen molar-refractivity contribution in [2.24, 2.45) is 0 Å². The number of rotatable bonds is 4. The van der Waals surface area contributed by atoms with Crippen molar-refractivity contribution in [3.05, 3.63) is 36.5 Å². The van der Waals surface area contributed by atoms with Gasteiger partial charge >= 0.3 is 0 Å². The third-order valence-electron chi connectivity index (χ3n) is 1.42. The normalized spacial score (nSPS) is 12.4. The summed E-state index contributed by atoms with van der Waals surface area (Å²) in [5, 5.41) is 0. The molecule has 0 aliphatic rings. The molecule has 0 aliphatic heterocycles. The van der Waals surface area contributed by atoms with Crippen LogP contribution in [0.4, 0.5) is 0 Å². The van der Waals surface area contributed by atoms with Crippen molar-refractivity contribution in [2.45, 2.75) is 26.7 Å². The molecule has 0 heteroatoms. The molecule has 0 aromatic heterocycles. The monoisotopic (exact) mass is 136 g/mol. The van der Waals surface area contributed by atoms with Gasteiger partial charge in [-0.25, -0.2) is 0 Å². The molecule has 10 heavy (non-hydrogen) atoms. The van der Waals surface area contributed by atoms with Crippen LogP contribution in [-0.2, 0) is 0 Å². The maximum atomic E-state index is 3.72. The summed E-state index contributed by atoms with van der Waals surface area (Å²) in [6.07, 6.45) is 10.4. The van der Waals surface area contributed by atoms with Gasteiger partial charge in [-0.2, -0.15) is 0 Å². The minimum absolute atomic E-state index is 1.03. The van der Waals surface area contributed by atoms with Crippen molar-refractivity contribution in [1.29, 1.82) is 0 Å². The molecule has 0 nitrogen and oxygen atoms in total. The van der Waals surface area contributed by atoms with Crippen LogP contribution in [0.15, 0.2) is 36.5 Å². The Kier molecular flexibility index (Phi) is 5.85. The van der Waals surface area contributed by atoms with Gasteiger partial charge in [0, 0.05) is 0 Å². The predicted octanol–water partition coefficient (Wildman–Crippen LogP) is 3.48. The van der Waals surface area contributed by atoms with Crippen LogP contribution in [0.2, 0.25) is 0 Å². The molecule has 56 valence electrons. The van der Waals surface area contributed by atoms with Gasteiger partial charge in [-0.05, 0) is 19.8 Å². The number of hydrogen-bond donors (Lipinski definition) is 0. The summed E-state index contributed by atoms with van der Waals surface area (Å²) in [7, 11) is 0. The van der Waals surface area contributed by atoms with E-state index in [0.717, 1.165) is 12.8 Å². The zero-order valence-electron chi connectivity index (χ0n) is 6.93. The zero-order chi connectivity index (χ0) is 7.82. The molecule has 0 amide bonds. The number of allylic oxidation sites excluding steroid dienone is 5. The maximum absolute atomic E-state index is 3.72. The molecule has 0 radical (unpaired) electrons. The van der Waals surface area contributed by atoms with Gasteiger partial charge in [-0.1, -0.05) is 43.4 Å². The van der Waals surface area contributed by atoms with E-state index in [4.69, 9.17) is 0 Å². The lowest BCUT2D eigenvalue weighted by atomic mass is 10.1. The van der Waals surface area contributed by atoms with E-state index in [1.54, 1.807) is 0 Å². The van der Waals surface area contributed by atoms with Gasteiger partial charge in [0.1, 0.15) is 0 Å². The largest absolute Gasteiger partial charge is 0.0988 e. The second-order valence-electron chi connectivity index (χ2n) is 2.14. The zero-order valence-corrected chi connectivity index (χ0v) is 6.93. The van der Waals surface area contributed by atoms with E-state index in [2.05, 4.69) is 31.7 Å². The first-order valence-electron chi connectivity index (χ1n) is 3.77. The Balaban J connectivity index is 3.74. The molecule has 0 saturated heterocycles. The summed E-state index contributed by atoms with van der Waals surface area (Å²) >= 11 is 0. The third kappa shape index (κ3) is 4.13. The van der Waals surface area contributed by atoms with E-state index in [9.17, 15) is 0 Å². The molecule has 0 aliphatic carbocycles. The molecule has 0 N–H and O–H groups in total. The van der Waals surface area contributed by atoms with Gasteiger partial charge in [0.15, 0.2) is 0 Å². The van der Waals surface area contributed by atoms with Crippen LogP contribution in [0.5, 0.6) is 0 Å². The van der Waals surface area contributed by atoms with Crippen molar-refractivity contribution < 1.29 is 0 Å². The Morgan fingerprint density at radius 2 is 2.20 bits per heavy atom. The fourth-order valence-corrected chi connectivity index (χ4v) is 0.728. The van der Waals surface area contributed by atoms with E-state index >= 15 is 0 Å². The highest BCUT2D eigenvalue weighted by atomic mass is 13.9. The molecule has 0 spiro atoms. The summed E-state index contributed by atoms with van der Waals surface area (Å²) in [4.78, 5) is 0. The average Bonchev–Trinajstić information content (AvgIpc) is 1.99. The smallest absolute Gasteiger partial charge is 0.0163 e. The topological polar surface area (TPSA) is 0 Å². The molecule has 0 saturated carbocycles. The number of hydrogen-bond acceptors (Lipinski definition) is 0. The minimum Gasteiger partial charge on any atom is -0.0988 e. The lowest BCUT2D eigenvalue weighted by molar-refractivity contribution is 1.13. The SMILES string of the molecule is C=C/C(=C\C/C=C\C)CC. The molecular weight excluding hydrogens is 120 g/mol. The molecule has 0 aromatic rings. The Morgan fingerprint density at radius 3 is 2.60 bits per heavy atom. The van der Waals surface area contributed by atoms with Crippen LogP contribution >= 0.6 is 0 Å². The summed E-state index contributed by atoms with van der Waals surface area (Å²) in [6, 6.07) is 0. The predicted molar refractivity (Wildman–Crippen MR) is 48.0 cm³/mol. The highest BCUT2D eigenvalue weighted by Gasteiger charge is 1.82. The highest BCUT2D eigenvalue weighted by molar-refractivity contribution is 5.16. The summed E-state index contributed by atoms with van der Waals surface area (Å²) in [5.74, 6) is 0. The molecular formula is C10H16. The standard InChI is InChI=1S/C10H16/c1-4-7-8-9-10(5-2)6-3/h4-5,7,9H,2,6,8H2,1,3H3/b7-4-,10-9+. The summed E-state index contributed by atoms with van der Waals surface area (Å²) in [5.41, 5.74) is 1.33. The lowest BCUT2D eigenvalue weighted by Crippen LogP contribution is -1.71. The fraction of sp³-hybridized carbons (Fsp3) is 0.400. The van der Waals surface area contributed by atoms with E-state index in [-0.39, 0.29) is 0 Å². The molecule has 0 rings (SSSR count). The second kappa shape index (κ2) is 6.34. The lowest BCUT2D eigenvalue weighted by Gasteiger charge is -1.92. The quantitative estimate of drug-likeness (QED) is 0.410. The van der Waals surface area contributed by atoms with Crippen LogP contribution in [0, 0.1) is 0 Å². The van der Waals surface area contributed by atoms with Gasteiger partial charge < -0.3 is 0 Å². The van der Waals surface area contributed by atoms with Crippen molar-refractivity contribution in [1.82, 2.24) is 0 Å². The Hall–Kier alpha value is -0.780. The fourth-order valence-electron chi connectivity index (χ4n) is 0.728. The summed E-state index contributed by atoms with van der Waals surface area (Å²) in [6.45, 7) is 7.90. The molecule has 0 unspecified atom stereocenters. The van der Waals surface area contributed by atoms with Gasteiger partial charge in [-0.15, -0.1) is 0 Å². The van der Waals surface area contributed by atoms with Crippen molar-refractivity contribution in [2.75, 3.05) is 0 Å². The third-order valence-corrected chi connectivity index (χ3v) is 1.42. The average molecular weight is 136 g/mol. The van der Waals surface area contributed by atoms with Gasteiger partial charge in [0.2, 0.25) is 0 Å².